The number of nitrogens with one attached hydrogen (secondary N) is 2. The van der Waals surface area contributed by atoms with Crippen LogP contribution < -0.4 is 10.6 Å². The van der Waals surface area contributed by atoms with Crippen molar-refractivity contribution in [2.24, 2.45) is 0 Å². The summed E-state index contributed by atoms with van der Waals surface area (Å²) in [7, 11) is 0. The number of nitrogens with zero attached hydrogens (tertiary/aromatic N) is 1. The zero-order chi connectivity index (χ0) is 20.1. The van der Waals surface area contributed by atoms with Crippen LogP contribution in [0.3, 0.4) is 0 Å². The summed E-state index contributed by atoms with van der Waals surface area (Å²) in [5.41, 5.74) is -1.15. The summed E-state index contributed by atoms with van der Waals surface area (Å²) in [5, 5.41) is 5.70. The van der Waals surface area contributed by atoms with E-state index in [4.69, 9.17) is 4.74 Å². The number of ether oxygens (including phenoxy) is 1. The molecule has 0 bridgehead atoms. The van der Waals surface area contributed by atoms with Crippen molar-refractivity contribution < 1.29 is 22.7 Å². The fourth-order valence-electron chi connectivity index (χ4n) is 3.10. The molecule has 0 aliphatic carbocycles. The molecule has 8 heteroatoms. The minimum atomic E-state index is -4.50. The van der Waals surface area contributed by atoms with Gasteiger partial charge in [-0.2, -0.15) is 13.2 Å². The summed E-state index contributed by atoms with van der Waals surface area (Å²) in [4.78, 5) is 14.5. The van der Waals surface area contributed by atoms with Crippen LogP contribution in [0.5, 0.6) is 0 Å². The molecule has 5 nitrogen and oxygen atoms in total. The molecule has 1 heterocycles. The molecule has 1 unspecified atom stereocenters. The summed E-state index contributed by atoms with van der Waals surface area (Å²) in [5.74, 6) is -0.448. The Hall–Kier alpha value is -1.64. The number of morpholine rings is 1. The van der Waals surface area contributed by atoms with Gasteiger partial charge in [-0.05, 0) is 32.9 Å². The molecule has 1 aromatic carbocycles. The van der Waals surface area contributed by atoms with Gasteiger partial charge in [-0.1, -0.05) is 12.1 Å². The number of benzene rings is 1. The number of hydrogen-bond donors (Lipinski definition) is 2. The van der Waals surface area contributed by atoms with Crippen LogP contribution in [0.4, 0.5) is 18.9 Å². The Morgan fingerprint density at radius 1 is 1.22 bits per heavy atom. The lowest BCUT2D eigenvalue weighted by Gasteiger charge is -2.41. The molecule has 152 valence electrons. The number of halogens is 3. The first-order valence-corrected chi connectivity index (χ1v) is 9.12. The second-order valence-electron chi connectivity index (χ2n) is 7.49. The fraction of sp³-hybridized carbons (Fsp3) is 0.632. The standard InChI is InChI=1S/C19H28F3N3O2/c1-14(23-13-18(2,3)25-8-10-27-11-9-25)12-17(26)24-16-7-5-4-6-15(16)19(20,21)22/h4-7,14,23H,8-13H2,1-3H3,(H,24,26). The molecule has 0 aromatic heterocycles. The first kappa shape index (κ1) is 21.7. The van der Waals surface area contributed by atoms with Crippen LogP contribution in [0.1, 0.15) is 32.8 Å². The molecule has 27 heavy (non-hydrogen) atoms. The number of anilines is 1. The first-order valence-electron chi connectivity index (χ1n) is 9.12. The lowest BCUT2D eigenvalue weighted by molar-refractivity contribution is -0.137. The van der Waals surface area contributed by atoms with E-state index in [1.807, 2.05) is 6.92 Å². The highest BCUT2D eigenvalue weighted by Gasteiger charge is 2.33. The molecule has 1 aliphatic heterocycles. The molecule has 1 fully saturated rings. The smallest absolute Gasteiger partial charge is 0.379 e. The summed E-state index contributed by atoms with van der Waals surface area (Å²) in [6, 6.07) is 4.83. The number of alkyl halides is 3. The summed E-state index contributed by atoms with van der Waals surface area (Å²) in [6.45, 7) is 9.90. The van der Waals surface area contributed by atoms with Gasteiger partial charge >= 0.3 is 6.18 Å². The van der Waals surface area contributed by atoms with Gasteiger partial charge in [-0.25, -0.2) is 0 Å². The van der Waals surface area contributed by atoms with Gasteiger partial charge in [0.2, 0.25) is 5.91 Å². The Bertz CT molecular complexity index is 629. The van der Waals surface area contributed by atoms with Crippen LogP contribution in [-0.4, -0.2) is 55.2 Å². The normalized spacial score (nSPS) is 17.6. The van der Waals surface area contributed by atoms with E-state index in [-0.39, 0.29) is 23.7 Å². The van der Waals surface area contributed by atoms with Crippen molar-refractivity contribution in [1.29, 1.82) is 0 Å². The van der Waals surface area contributed by atoms with Gasteiger partial charge < -0.3 is 15.4 Å². The molecule has 1 aliphatic rings. The lowest BCUT2D eigenvalue weighted by Crippen LogP contribution is -2.55. The number of hydrogen-bond acceptors (Lipinski definition) is 4. The highest BCUT2D eigenvalue weighted by molar-refractivity contribution is 5.92. The number of carbonyl (C=O) groups excluding carboxylic acids is 1. The van der Waals surface area contributed by atoms with Gasteiger partial charge in [-0.3, -0.25) is 9.69 Å². The molecular weight excluding hydrogens is 359 g/mol. The van der Waals surface area contributed by atoms with E-state index in [9.17, 15) is 18.0 Å². The first-order chi connectivity index (χ1) is 12.6. The Morgan fingerprint density at radius 3 is 2.48 bits per heavy atom. The topological polar surface area (TPSA) is 53.6 Å². The van der Waals surface area contributed by atoms with E-state index in [1.165, 1.54) is 18.2 Å². The van der Waals surface area contributed by atoms with E-state index in [2.05, 4.69) is 29.4 Å². The van der Waals surface area contributed by atoms with Crippen LogP contribution in [0.2, 0.25) is 0 Å². The van der Waals surface area contributed by atoms with Crippen molar-refractivity contribution in [3.05, 3.63) is 29.8 Å². The average molecular weight is 387 g/mol. The maximum atomic E-state index is 13.0. The third-order valence-electron chi connectivity index (χ3n) is 4.75. The zero-order valence-electron chi connectivity index (χ0n) is 16.0. The maximum absolute atomic E-state index is 13.0. The highest BCUT2D eigenvalue weighted by atomic mass is 19.4. The molecule has 0 saturated carbocycles. The van der Waals surface area contributed by atoms with Crippen molar-refractivity contribution in [3.8, 4) is 0 Å². The molecule has 0 radical (unpaired) electrons. The van der Waals surface area contributed by atoms with E-state index >= 15 is 0 Å². The number of para-hydroxylation sites is 1. The molecule has 1 aromatic rings. The van der Waals surface area contributed by atoms with E-state index in [1.54, 1.807) is 0 Å². The lowest BCUT2D eigenvalue weighted by atomic mass is 10.0. The minimum Gasteiger partial charge on any atom is -0.379 e. The van der Waals surface area contributed by atoms with Crippen molar-refractivity contribution in [1.82, 2.24) is 10.2 Å². The Morgan fingerprint density at radius 2 is 1.85 bits per heavy atom. The molecule has 2 N–H and O–H groups in total. The molecular formula is C19H28F3N3O2. The van der Waals surface area contributed by atoms with E-state index in [0.717, 1.165) is 19.2 Å². The van der Waals surface area contributed by atoms with Crippen molar-refractivity contribution in [2.45, 2.75) is 44.9 Å². The van der Waals surface area contributed by atoms with Crippen molar-refractivity contribution in [3.63, 3.8) is 0 Å². The molecule has 2 rings (SSSR count). The van der Waals surface area contributed by atoms with Crippen molar-refractivity contribution >= 4 is 11.6 Å². The second-order valence-corrected chi connectivity index (χ2v) is 7.49. The predicted octanol–water partition coefficient (Wildman–Crippen LogP) is 3.12. The van der Waals surface area contributed by atoms with Gasteiger partial charge in [0.25, 0.3) is 0 Å². The van der Waals surface area contributed by atoms with Gasteiger partial charge in [0, 0.05) is 37.6 Å². The maximum Gasteiger partial charge on any atom is 0.418 e. The highest BCUT2D eigenvalue weighted by Crippen LogP contribution is 2.34. The second kappa shape index (κ2) is 9.03. The fourth-order valence-corrected chi connectivity index (χ4v) is 3.10. The van der Waals surface area contributed by atoms with Crippen molar-refractivity contribution in [2.75, 3.05) is 38.2 Å². The summed E-state index contributed by atoms with van der Waals surface area (Å²) >= 11 is 0. The summed E-state index contributed by atoms with van der Waals surface area (Å²) < 4.78 is 44.4. The quantitative estimate of drug-likeness (QED) is 0.755. The summed E-state index contributed by atoms with van der Waals surface area (Å²) in [6.07, 6.45) is -4.42. The van der Waals surface area contributed by atoms with E-state index < -0.39 is 17.6 Å². The number of rotatable bonds is 7. The molecule has 1 amide bonds. The Labute approximate surface area is 158 Å². The zero-order valence-corrected chi connectivity index (χ0v) is 16.0. The van der Waals surface area contributed by atoms with Crippen LogP contribution in [0.15, 0.2) is 24.3 Å². The van der Waals surface area contributed by atoms with Crippen LogP contribution in [0, 0.1) is 0 Å². The third kappa shape index (κ3) is 6.48. The Balaban J connectivity index is 1.85. The third-order valence-corrected chi connectivity index (χ3v) is 4.75. The predicted molar refractivity (Wildman–Crippen MR) is 98.6 cm³/mol. The Kier molecular flexibility index (Phi) is 7.25. The van der Waals surface area contributed by atoms with Gasteiger partial charge in [-0.15, -0.1) is 0 Å². The van der Waals surface area contributed by atoms with Crippen LogP contribution >= 0.6 is 0 Å². The SMILES string of the molecule is CC(CC(=O)Nc1ccccc1C(F)(F)F)NCC(C)(C)N1CCOCC1. The molecule has 0 spiro atoms. The van der Waals surface area contributed by atoms with Crippen LogP contribution in [-0.2, 0) is 15.7 Å². The van der Waals surface area contributed by atoms with Crippen LogP contribution in [0.25, 0.3) is 0 Å². The average Bonchev–Trinajstić information content (AvgIpc) is 2.60. The largest absolute Gasteiger partial charge is 0.418 e. The van der Waals surface area contributed by atoms with E-state index in [0.29, 0.717) is 19.8 Å². The number of amides is 1. The molecule has 1 saturated heterocycles. The molecule has 1 atom stereocenters. The van der Waals surface area contributed by atoms with Gasteiger partial charge in [0.05, 0.1) is 24.5 Å². The minimum absolute atomic E-state index is 0.0887. The van der Waals surface area contributed by atoms with Gasteiger partial charge in [0.15, 0.2) is 0 Å². The number of carbonyl (C=O) groups is 1. The van der Waals surface area contributed by atoms with Gasteiger partial charge in [0.1, 0.15) is 0 Å². The monoisotopic (exact) mass is 387 g/mol.